The second kappa shape index (κ2) is 7.57. The van der Waals surface area contributed by atoms with Gasteiger partial charge >= 0.3 is 6.18 Å². The van der Waals surface area contributed by atoms with Crippen LogP contribution >= 0.6 is 11.6 Å². The van der Waals surface area contributed by atoms with Crippen LogP contribution in [0.3, 0.4) is 0 Å². The molecule has 1 aliphatic rings. The monoisotopic (exact) mass is 418 g/mol. The number of nitrogens with one attached hydrogen (secondary N) is 1. The van der Waals surface area contributed by atoms with Crippen molar-refractivity contribution >= 4 is 17.5 Å². The van der Waals surface area contributed by atoms with Gasteiger partial charge in [0.15, 0.2) is 12.4 Å². The number of aromatic nitrogens is 3. The number of ether oxygens (including phenoxy) is 1. The number of pyridine rings is 1. The maximum Gasteiger partial charge on any atom is 0.422 e. The lowest BCUT2D eigenvalue weighted by atomic mass is 9.93. The minimum atomic E-state index is -4.53. The molecule has 1 N–H and O–H groups in total. The average molecular weight is 419 g/mol. The standard InChI is InChI=1S/C17H18ClF3N4O3/c1-9-23-15(25-28-9)16(2,6-10-3-4-10)24-14(26)12-5-13(11(18)7-22-12)27-8-17(19,20)21/h5,7,10H,3-4,6,8H2,1-2H3,(H,24,26)/t16-/m0/s1. The van der Waals surface area contributed by atoms with Crippen LogP contribution < -0.4 is 10.1 Å². The molecule has 2 heterocycles. The minimum absolute atomic E-state index is 0.129. The van der Waals surface area contributed by atoms with Crippen LogP contribution in [0, 0.1) is 12.8 Å². The van der Waals surface area contributed by atoms with Gasteiger partial charge in [-0.3, -0.25) is 4.79 Å². The molecule has 1 saturated carbocycles. The van der Waals surface area contributed by atoms with Crippen LogP contribution in [0.1, 0.15) is 48.4 Å². The zero-order chi connectivity index (χ0) is 20.5. The number of halogens is 4. The maximum atomic E-state index is 12.7. The Morgan fingerprint density at radius 2 is 2.14 bits per heavy atom. The van der Waals surface area contributed by atoms with Gasteiger partial charge in [-0.15, -0.1) is 0 Å². The highest BCUT2D eigenvalue weighted by molar-refractivity contribution is 6.32. The van der Waals surface area contributed by atoms with Crippen molar-refractivity contribution < 1.29 is 27.2 Å². The first kappa shape index (κ1) is 20.4. The van der Waals surface area contributed by atoms with Gasteiger partial charge in [0.25, 0.3) is 5.91 Å². The Morgan fingerprint density at radius 1 is 1.43 bits per heavy atom. The Kier molecular flexibility index (Phi) is 5.51. The van der Waals surface area contributed by atoms with Gasteiger partial charge in [0.2, 0.25) is 5.89 Å². The van der Waals surface area contributed by atoms with Crippen LogP contribution in [0.2, 0.25) is 5.02 Å². The molecule has 1 atom stereocenters. The number of nitrogens with zero attached hydrogens (tertiary/aromatic N) is 3. The lowest BCUT2D eigenvalue weighted by Gasteiger charge is -2.27. The van der Waals surface area contributed by atoms with E-state index < -0.39 is 24.2 Å². The zero-order valence-corrected chi connectivity index (χ0v) is 15.9. The fourth-order valence-electron chi connectivity index (χ4n) is 2.75. The number of alkyl halides is 3. The quantitative estimate of drug-likeness (QED) is 0.735. The highest BCUT2D eigenvalue weighted by Gasteiger charge is 2.40. The van der Waals surface area contributed by atoms with Gasteiger partial charge in [-0.25, -0.2) is 4.98 Å². The minimum Gasteiger partial charge on any atom is -0.482 e. The summed E-state index contributed by atoms with van der Waals surface area (Å²) in [5.41, 5.74) is -1.05. The molecule has 0 aromatic carbocycles. The molecule has 28 heavy (non-hydrogen) atoms. The fraction of sp³-hybridized carbons (Fsp3) is 0.529. The highest BCUT2D eigenvalue weighted by Crippen LogP contribution is 2.40. The van der Waals surface area contributed by atoms with E-state index in [9.17, 15) is 18.0 Å². The zero-order valence-electron chi connectivity index (χ0n) is 15.1. The number of carbonyl (C=O) groups is 1. The van der Waals surface area contributed by atoms with Crippen LogP contribution in [0.4, 0.5) is 13.2 Å². The molecule has 3 rings (SSSR count). The Bertz CT molecular complexity index is 870. The normalized spacial score (nSPS) is 16.5. The third kappa shape index (κ3) is 5.12. The molecule has 0 spiro atoms. The smallest absolute Gasteiger partial charge is 0.422 e. The van der Waals surface area contributed by atoms with Crippen molar-refractivity contribution in [3.05, 3.63) is 34.7 Å². The summed E-state index contributed by atoms with van der Waals surface area (Å²) in [7, 11) is 0. The number of aryl methyl sites for hydroxylation is 1. The molecule has 2 aromatic heterocycles. The molecule has 1 fully saturated rings. The Balaban J connectivity index is 1.80. The van der Waals surface area contributed by atoms with Gasteiger partial charge in [0.1, 0.15) is 22.0 Å². The topological polar surface area (TPSA) is 90.1 Å². The van der Waals surface area contributed by atoms with Crippen LogP contribution in [-0.4, -0.2) is 33.8 Å². The number of rotatable bonds is 7. The second-order valence-electron chi connectivity index (χ2n) is 6.97. The molecule has 11 heteroatoms. The highest BCUT2D eigenvalue weighted by atomic mass is 35.5. The van der Waals surface area contributed by atoms with Crippen molar-refractivity contribution in [3.8, 4) is 5.75 Å². The van der Waals surface area contributed by atoms with Crippen molar-refractivity contribution in [1.29, 1.82) is 0 Å². The molecule has 152 valence electrons. The molecule has 0 saturated heterocycles. The summed E-state index contributed by atoms with van der Waals surface area (Å²) in [5, 5.41) is 6.60. The van der Waals surface area contributed by atoms with Gasteiger partial charge in [-0.05, 0) is 19.3 Å². The first-order valence-corrected chi connectivity index (χ1v) is 8.92. The molecule has 0 aliphatic heterocycles. The van der Waals surface area contributed by atoms with Gasteiger partial charge in [-0.1, -0.05) is 29.6 Å². The molecule has 7 nitrogen and oxygen atoms in total. The molecule has 0 radical (unpaired) electrons. The lowest BCUT2D eigenvalue weighted by Crippen LogP contribution is -2.45. The molecule has 1 amide bonds. The summed E-state index contributed by atoms with van der Waals surface area (Å²) in [4.78, 5) is 20.8. The summed E-state index contributed by atoms with van der Waals surface area (Å²) in [6.45, 7) is 1.88. The number of amides is 1. The van der Waals surface area contributed by atoms with Crippen molar-refractivity contribution in [2.24, 2.45) is 5.92 Å². The number of hydrogen-bond donors (Lipinski definition) is 1. The van der Waals surface area contributed by atoms with E-state index in [1.54, 1.807) is 13.8 Å². The largest absolute Gasteiger partial charge is 0.482 e. The van der Waals surface area contributed by atoms with Gasteiger partial charge < -0.3 is 14.6 Å². The van der Waals surface area contributed by atoms with Crippen LogP contribution in [0.15, 0.2) is 16.8 Å². The summed E-state index contributed by atoms with van der Waals surface area (Å²) < 4.78 is 46.9. The molecular weight excluding hydrogens is 401 g/mol. The SMILES string of the molecule is Cc1nc([C@](C)(CC2CC2)NC(=O)c2cc(OCC(F)(F)F)c(Cl)cn2)no1. The molecular formula is C17H18ClF3N4O3. The predicted molar refractivity (Wildman–Crippen MR) is 92.0 cm³/mol. The van der Waals surface area contributed by atoms with Crippen molar-refractivity contribution in [2.45, 2.75) is 44.8 Å². The Labute approximate surface area is 163 Å². The van der Waals surface area contributed by atoms with E-state index in [1.807, 2.05) is 0 Å². The van der Waals surface area contributed by atoms with Crippen LogP contribution in [0.25, 0.3) is 0 Å². The molecule has 0 bridgehead atoms. The van der Waals surface area contributed by atoms with Crippen LogP contribution in [-0.2, 0) is 5.54 Å². The second-order valence-corrected chi connectivity index (χ2v) is 7.38. The van der Waals surface area contributed by atoms with E-state index in [-0.39, 0.29) is 16.5 Å². The molecule has 1 aliphatic carbocycles. The average Bonchev–Trinajstić information content (AvgIpc) is 3.29. The third-order valence-electron chi connectivity index (χ3n) is 4.25. The van der Waals surface area contributed by atoms with E-state index in [1.165, 1.54) is 0 Å². The van der Waals surface area contributed by atoms with E-state index in [0.29, 0.717) is 24.1 Å². The van der Waals surface area contributed by atoms with Crippen molar-refractivity contribution in [2.75, 3.05) is 6.61 Å². The summed E-state index contributed by atoms with van der Waals surface area (Å²) >= 11 is 5.82. The van der Waals surface area contributed by atoms with Gasteiger partial charge in [0, 0.05) is 13.0 Å². The van der Waals surface area contributed by atoms with E-state index in [0.717, 1.165) is 25.1 Å². The number of hydrogen-bond acceptors (Lipinski definition) is 6. The van der Waals surface area contributed by atoms with Gasteiger partial charge in [0.05, 0.1) is 6.20 Å². The van der Waals surface area contributed by atoms with Crippen molar-refractivity contribution in [3.63, 3.8) is 0 Å². The Morgan fingerprint density at radius 3 is 2.71 bits per heavy atom. The fourth-order valence-corrected chi connectivity index (χ4v) is 2.91. The summed E-state index contributed by atoms with van der Waals surface area (Å²) in [6, 6.07) is 1.07. The third-order valence-corrected chi connectivity index (χ3v) is 4.53. The Hall–Kier alpha value is -2.36. The lowest BCUT2D eigenvalue weighted by molar-refractivity contribution is -0.153. The summed E-state index contributed by atoms with van der Waals surface area (Å²) in [6.07, 6.45) is -0.788. The first-order chi connectivity index (χ1) is 13.1. The maximum absolute atomic E-state index is 12.7. The molecule has 2 aromatic rings. The first-order valence-electron chi connectivity index (χ1n) is 8.54. The van der Waals surface area contributed by atoms with E-state index >= 15 is 0 Å². The van der Waals surface area contributed by atoms with Gasteiger partial charge in [-0.2, -0.15) is 18.2 Å². The van der Waals surface area contributed by atoms with Crippen LogP contribution in [0.5, 0.6) is 5.75 Å². The number of carbonyl (C=O) groups excluding carboxylic acids is 1. The van der Waals surface area contributed by atoms with E-state index in [2.05, 4.69) is 25.2 Å². The van der Waals surface area contributed by atoms with E-state index in [4.69, 9.17) is 16.1 Å². The predicted octanol–water partition coefficient (Wildman–Crippen LogP) is 3.81. The van der Waals surface area contributed by atoms with Crippen molar-refractivity contribution in [1.82, 2.24) is 20.4 Å². The molecule has 0 unspecified atom stereocenters. The summed E-state index contributed by atoms with van der Waals surface area (Å²) in [5.74, 6) is 0.219.